The Balaban J connectivity index is -0.0000000103. The van der Waals surface area contributed by atoms with Crippen LogP contribution in [0.5, 0.6) is 0 Å². The maximum absolute atomic E-state index is 10.4. The zero-order valence-corrected chi connectivity index (χ0v) is 21.7. The first-order chi connectivity index (χ1) is 15.4. The maximum atomic E-state index is 10.4. The van der Waals surface area contributed by atoms with Crippen LogP contribution in [0.3, 0.4) is 0 Å². The molecule has 0 aromatic heterocycles. The minimum atomic E-state index is -4.62. The van der Waals surface area contributed by atoms with Crippen molar-refractivity contribution in [2.75, 3.05) is 40.7 Å². The minimum Gasteiger partial charge on any atom is -0.371 e. The highest BCUT2D eigenvalue weighted by Gasteiger charge is 2.26. The Morgan fingerprint density at radius 1 is 0.733 bits per heavy atom. The van der Waals surface area contributed by atoms with Crippen LogP contribution in [0.25, 0.3) is 0 Å². The first-order valence-electron chi connectivity index (χ1n) is 10.3. The summed E-state index contributed by atoms with van der Waals surface area (Å²) < 4.78 is 76.3. The SMILES string of the molecule is C.C.C.C.C.C.C.C.C.C.C.C.C=C=O.CCC(C)OCO.CCF.CCOCOC(C)CC.CF.C[B]C.FCC(F)(F)F. The van der Waals surface area contributed by atoms with Gasteiger partial charge in [0.1, 0.15) is 26.8 Å². The maximum Gasteiger partial charge on any atom is 0.416 e. The standard InChI is InChI=1S/C7H16O2.C5H12O2.C2H6B.C2H2F4.C2H5F.C2H2O.CH3F.12CH4/c1-4-7(3)9-6-8-5-2;1-3-5(2)7-4-6;1-3-2;3-1-2(4,5)6;2*1-2-3;1-2;;;;;;;;;;;;/h7H,4-6H2,1-3H3;5-6H,3-4H2,1-2H3;1-2H3;1H2;2H2,1H3;1H2;1H3;12*1H4. The molecule has 0 heterocycles. The van der Waals surface area contributed by atoms with Gasteiger partial charge in [-0.1, -0.05) is 117 Å². The van der Waals surface area contributed by atoms with Gasteiger partial charge in [-0.25, -0.2) is 9.18 Å². The van der Waals surface area contributed by atoms with Crippen molar-refractivity contribution < 1.29 is 50.5 Å². The first-order valence-corrected chi connectivity index (χ1v) is 10.3. The van der Waals surface area contributed by atoms with Crippen LogP contribution >= 0.6 is 0 Å². The molecule has 0 aromatic carbocycles. The van der Waals surface area contributed by atoms with Gasteiger partial charge in [-0.3, -0.25) is 8.78 Å². The molecule has 0 spiro atoms. The molecule has 301 valence electrons. The molecule has 5 nitrogen and oxygen atoms in total. The van der Waals surface area contributed by atoms with Gasteiger partial charge in [0.05, 0.1) is 26.1 Å². The lowest BCUT2D eigenvalue weighted by Crippen LogP contribution is -2.09. The van der Waals surface area contributed by atoms with Gasteiger partial charge in [-0.2, -0.15) is 13.2 Å². The van der Waals surface area contributed by atoms with Gasteiger partial charge in [0, 0.05) is 6.61 Å². The summed E-state index contributed by atoms with van der Waals surface area (Å²) in [6.45, 7) is 16.7. The molecule has 0 saturated heterocycles. The van der Waals surface area contributed by atoms with Gasteiger partial charge < -0.3 is 19.3 Å². The van der Waals surface area contributed by atoms with Crippen LogP contribution in [0.2, 0.25) is 13.6 Å². The van der Waals surface area contributed by atoms with Crippen molar-refractivity contribution in [3.63, 3.8) is 0 Å². The second-order valence-corrected chi connectivity index (χ2v) is 5.25. The summed E-state index contributed by atoms with van der Waals surface area (Å²) in [5.74, 6) is 1.25. The number of hydrogen-bond donors (Lipinski definition) is 1. The molecule has 2 unspecified atom stereocenters. The van der Waals surface area contributed by atoms with Gasteiger partial charge in [-0.15, -0.1) is 0 Å². The molecule has 1 N–H and O–H groups in total. The first kappa shape index (κ1) is 130. The molecule has 0 bridgehead atoms. The summed E-state index contributed by atoms with van der Waals surface area (Å²) in [5, 5.41) is 8.15. The summed E-state index contributed by atoms with van der Waals surface area (Å²) in [7, 11) is 2.50. The fourth-order valence-corrected chi connectivity index (χ4v) is 0.611. The topological polar surface area (TPSA) is 65.0 Å². The van der Waals surface area contributed by atoms with E-state index in [-0.39, 0.29) is 109 Å². The zero-order chi connectivity index (χ0) is 28.1. The van der Waals surface area contributed by atoms with Crippen molar-refractivity contribution in [1.29, 1.82) is 0 Å². The molecular formula is C33H94BF6O5. The Kier molecular flexibility index (Phi) is 415. The van der Waals surface area contributed by atoms with E-state index in [1.54, 1.807) is 0 Å². The molecule has 0 fully saturated rings. The molecule has 1 radical (unpaired) electrons. The Labute approximate surface area is 286 Å². The van der Waals surface area contributed by atoms with Crippen molar-refractivity contribution in [1.82, 2.24) is 0 Å². The van der Waals surface area contributed by atoms with Crippen molar-refractivity contribution in [3.8, 4) is 0 Å². The van der Waals surface area contributed by atoms with E-state index >= 15 is 0 Å². The third kappa shape index (κ3) is 371. The van der Waals surface area contributed by atoms with Crippen LogP contribution in [0.15, 0.2) is 6.58 Å². The lowest BCUT2D eigenvalue weighted by Gasteiger charge is -2.08. The number of aliphatic hydroxyl groups excluding tert-OH is 1. The number of hydrogen-bond acceptors (Lipinski definition) is 5. The molecule has 0 amide bonds. The molecule has 0 aromatic rings. The average molecular weight is 696 g/mol. The van der Waals surface area contributed by atoms with E-state index in [2.05, 4.69) is 13.5 Å². The highest BCUT2D eigenvalue weighted by Crippen LogP contribution is 2.13. The van der Waals surface area contributed by atoms with Gasteiger partial charge >= 0.3 is 6.18 Å². The number of alkyl halides is 6. The van der Waals surface area contributed by atoms with E-state index in [9.17, 15) is 26.3 Å². The second kappa shape index (κ2) is 144. The number of aliphatic hydroxyl groups is 1. The van der Waals surface area contributed by atoms with Gasteiger partial charge in [-0.05, 0) is 47.1 Å². The summed E-state index contributed by atoms with van der Waals surface area (Å²) >= 11 is 0. The third-order valence-corrected chi connectivity index (χ3v) is 2.30. The molecule has 12 heteroatoms. The molecule has 0 rings (SSSR count). The van der Waals surface area contributed by atoms with Crippen molar-refractivity contribution >= 4 is 13.2 Å². The molecule has 45 heavy (non-hydrogen) atoms. The predicted octanol–water partition coefficient (Wildman–Crippen LogP) is 14.1. The Hall–Kier alpha value is -1.07. The summed E-state index contributed by atoms with van der Waals surface area (Å²) in [6, 6.07) is 0. The molecule has 0 aliphatic carbocycles. The van der Waals surface area contributed by atoms with Crippen LogP contribution in [0, 0.1) is 0 Å². The van der Waals surface area contributed by atoms with Gasteiger partial charge in [0.15, 0.2) is 6.67 Å². The average Bonchev–Trinajstić information content (AvgIpc) is 2.77. The molecular weight excluding hydrogens is 601 g/mol. The third-order valence-electron chi connectivity index (χ3n) is 2.30. The number of halogens is 6. The van der Waals surface area contributed by atoms with Crippen LogP contribution in [0.4, 0.5) is 26.3 Å². The minimum absolute atomic E-state index is 0. The lowest BCUT2D eigenvalue weighted by molar-refractivity contribution is -0.142. The predicted molar refractivity (Wildman–Crippen MR) is 206 cm³/mol. The van der Waals surface area contributed by atoms with E-state index < -0.39 is 12.9 Å². The van der Waals surface area contributed by atoms with Crippen molar-refractivity contribution in [2.45, 2.75) is 176 Å². The fraction of sp³-hybridized carbons (Fsp3) is 0.939. The summed E-state index contributed by atoms with van der Waals surface area (Å²) in [6.07, 6.45) is -2.09. The Bertz CT molecular complexity index is 314. The summed E-state index contributed by atoms with van der Waals surface area (Å²) in [4.78, 5) is 8.57. The van der Waals surface area contributed by atoms with E-state index in [0.717, 1.165) is 19.4 Å². The van der Waals surface area contributed by atoms with Crippen LogP contribution in [-0.2, 0) is 19.0 Å². The largest absolute Gasteiger partial charge is 0.416 e. The normalized spacial score (nSPS) is 7.56. The Morgan fingerprint density at radius 3 is 1.04 bits per heavy atom. The van der Waals surface area contributed by atoms with Crippen molar-refractivity contribution in [2.24, 2.45) is 0 Å². The van der Waals surface area contributed by atoms with Crippen LogP contribution in [0.1, 0.15) is 144 Å². The van der Waals surface area contributed by atoms with Gasteiger partial charge in [0.25, 0.3) is 0 Å². The monoisotopic (exact) mass is 696 g/mol. The molecule has 0 aliphatic heterocycles. The highest BCUT2D eigenvalue weighted by molar-refractivity contribution is 6.31. The Morgan fingerprint density at radius 2 is 0.933 bits per heavy atom. The second-order valence-electron chi connectivity index (χ2n) is 5.25. The lowest BCUT2D eigenvalue weighted by atomic mass is 9.88. The molecule has 2 atom stereocenters. The van der Waals surface area contributed by atoms with E-state index in [4.69, 9.17) is 24.1 Å². The van der Waals surface area contributed by atoms with E-state index in [1.165, 1.54) is 12.9 Å². The quantitative estimate of drug-likeness (QED) is 0.0900. The van der Waals surface area contributed by atoms with E-state index in [1.807, 2.05) is 48.6 Å². The number of ether oxygens (including phenoxy) is 3. The van der Waals surface area contributed by atoms with Crippen LogP contribution < -0.4 is 0 Å². The fourth-order valence-electron chi connectivity index (χ4n) is 0.611. The van der Waals surface area contributed by atoms with Crippen LogP contribution in [-0.4, -0.2) is 77.4 Å². The number of rotatable bonds is 8. The molecule has 0 aliphatic rings. The zero-order valence-electron chi connectivity index (χ0n) is 21.7. The van der Waals surface area contributed by atoms with E-state index in [0.29, 0.717) is 20.1 Å². The highest BCUT2D eigenvalue weighted by atomic mass is 19.4. The molecule has 0 saturated carbocycles. The smallest absolute Gasteiger partial charge is 0.371 e. The van der Waals surface area contributed by atoms with Crippen molar-refractivity contribution in [3.05, 3.63) is 6.58 Å². The van der Waals surface area contributed by atoms with Gasteiger partial charge in [0.2, 0.25) is 0 Å². The summed E-state index contributed by atoms with van der Waals surface area (Å²) in [5.41, 5.74) is 0. The number of carbonyl (C=O) groups excluding carboxylic acids is 1.